The molecule has 0 radical (unpaired) electrons. The van der Waals surface area contributed by atoms with Crippen molar-refractivity contribution < 1.29 is 9.53 Å². The Morgan fingerprint density at radius 2 is 1.48 bits per heavy atom. The molecule has 3 nitrogen and oxygen atoms in total. The zero-order valence-corrected chi connectivity index (χ0v) is 16.1. The Kier molecular flexibility index (Phi) is 6.94. The number of anilines is 1. The van der Waals surface area contributed by atoms with Gasteiger partial charge in [-0.2, -0.15) is 0 Å². The minimum Gasteiger partial charge on any atom is -0.489 e. The zero-order chi connectivity index (χ0) is 18.9. The number of ether oxygens (including phenoxy) is 1. The van der Waals surface area contributed by atoms with Crippen LogP contribution in [-0.4, -0.2) is 11.2 Å². The molecule has 0 aromatic heterocycles. The summed E-state index contributed by atoms with van der Waals surface area (Å²) in [6.45, 7) is 2.46. The van der Waals surface area contributed by atoms with Gasteiger partial charge in [-0.1, -0.05) is 60.7 Å². The van der Waals surface area contributed by atoms with E-state index in [9.17, 15) is 4.79 Å². The Balaban J connectivity index is 1.46. The van der Waals surface area contributed by atoms with Crippen LogP contribution < -0.4 is 10.1 Å². The van der Waals surface area contributed by atoms with E-state index in [1.807, 2.05) is 79.7 Å². The van der Waals surface area contributed by atoms with E-state index in [1.165, 1.54) is 5.56 Å². The second-order valence-corrected chi connectivity index (χ2v) is 7.56. The van der Waals surface area contributed by atoms with Crippen molar-refractivity contribution in [3.8, 4) is 5.75 Å². The summed E-state index contributed by atoms with van der Waals surface area (Å²) in [5.41, 5.74) is 3.13. The van der Waals surface area contributed by atoms with Gasteiger partial charge in [-0.3, -0.25) is 4.79 Å². The van der Waals surface area contributed by atoms with Gasteiger partial charge in [0.2, 0.25) is 5.91 Å². The molecular formula is C23H23NO2S. The number of benzene rings is 3. The first-order chi connectivity index (χ1) is 13.2. The van der Waals surface area contributed by atoms with Crippen molar-refractivity contribution in [2.24, 2.45) is 0 Å². The third kappa shape index (κ3) is 6.19. The first-order valence-electron chi connectivity index (χ1n) is 8.94. The van der Waals surface area contributed by atoms with Gasteiger partial charge in [0.1, 0.15) is 12.4 Å². The van der Waals surface area contributed by atoms with Gasteiger partial charge in [0, 0.05) is 11.4 Å². The second kappa shape index (κ2) is 9.83. The summed E-state index contributed by atoms with van der Waals surface area (Å²) in [5, 5.41) is 2.84. The number of rotatable bonds is 8. The second-order valence-electron chi connectivity index (χ2n) is 6.23. The number of carbonyl (C=O) groups excluding carboxylic acids is 1. The number of amides is 1. The van der Waals surface area contributed by atoms with Gasteiger partial charge in [0.25, 0.3) is 0 Å². The number of hydrogen-bond donors (Lipinski definition) is 1. The Bertz CT molecular complexity index is 835. The Morgan fingerprint density at radius 3 is 2.11 bits per heavy atom. The largest absolute Gasteiger partial charge is 0.489 e. The minimum atomic E-state index is -0.126. The molecule has 0 aliphatic heterocycles. The molecule has 0 unspecified atom stereocenters. The van der Waals surface area contributed by atoms with Crippen molar-refractivity contribution in [1.82, 2.24) is 0 Å². The average Bonchev–Trinajstić information content (AvgIpc) is 2.73. The summed E-state index contributed by atoms with van der Waals surface area (Å²) >= 11 is 1.63. The highest BCUT2D eigenvalue weighted by molar-refractivity contribution is 7.99. The Hall–Kier alpha value is -2.72. The normalized spacial score (nSPS) is 11.6. The van der Waals surface area contributed by atoms with Crippen molar-refractivity contribution in [2.75, 3.05) is 5.32 Å². The monoisotopic (exact) mass is 377 g/mol. The van der Waals surface area contributed by atoms with Crippen LogP contribution in [0, 0.1) is 0 Å². The van der Waals surface area contributed by atoms with Crippen molar-refractivity contribution in [3.05, 3.63) is 96.1 Å². The molecule has 0 bridgehead atoms. The van der Waals surface area contributed by atoms with Gasteiger partial charge in [-0.25, -0.2) is 0 Å². The fourth-order valence-corrected chi connectivity index (χ4v) is 3.34. The van der Waals surface area contributed by atoms with Gasteiger partial charge in [0.05, 0.1) is 5.25 Å². The van der Waals surface area contributed by atoms with Crippen LogP contribution in [0.4, 0.5) is 5.69 Å². The predicted octanol–water partition coefficient (Wildman–Crippen LogP) is 5.53. The molecule has 0 fully saturated rings. The molecule has 0 saturated carbocycles. The molecule has 3 aromatic rings. The van der Waals surface area contributed by atoms with Crippen LogP contribution in [0.2, 0.25) is 0 Å². The molecule has 0 spiro atoms. The van der Waals surface area contributed by atoms with Crippen molar-refractivity contribution in [2.45, 2.75) is 24.5 Å². The number of nitrogens with one attached hydrogen (secondary N) is 1. The molecule has 4 heteroatoms. The summed E-state index contributed by atoms with van der Waals surface area (Å²) in [6.07, 6.45) is 0. The van der Waals surface area contributed by atoms with Gasteiger partial charge >= 0.3 is 0 Å². The highest BCUT2D eigenvalue weighted by Gasteiger charge is 2.13. The summed E-state index contributed by atoms with van der Waals surface area (Å²) in [7, 11) is 0. The molecular weight excluding hydrogens is 354 g/mol. The van der Waals surface area contributed by atoms with E-state index in [2.05, 4.69) is 17.4 Å². The van der Waals surface area contributed by atoms with E-state index in [-0.39, 0.29) is 11.2 Å². The average molecular weight is 378 g/mol. The SMILES string of the molecule is C[C@@H](SCc1ccccc1)C(=O)Nc1ccc(OCc2ccccc2)cc1. The lowest BCUT2D eigenvalue weighted by Gasteiger charge is -2.13. The third-order valence-corrected chi connectivity index (χ3v) is 5.30. The van der Waals surface area contributed by atoms with E-state index >= 15 is 0 Å². The van der Waals surface area contributed by atoms with Crippen molar-refractivity contribution in [1.29, 1.82) is 0 Å². The standard InChI is InChI=1S/C23H23NO2S/c1-18(27-17-20-10-6-3-7-11-20)23(25)24-21-12-14-22(15-13-21)26-16-19-8-4-2-5-9-19/h2-15,18H,16-17H2,1H3,(H,24,25)/t18-/m1/s1. The van der Waals surface area contributed by atoms with Crippen LogP contribution in [-0.2, 0) is 17.2 Å². The number of carbonyl (C=O) groups is 1. The molecule has 1 amide bonds. The number of hydrogen-bond acceptors (Lipinski definition) is 3. The molecule has 3 rings (SSSR count). The maximum Gasteiger partial charge on any atom is 0.237 e. The predicted molar refractivity (Wildman–Crippen MR) is 113 cm³/mol. The van der Waals surface area contributed by atoms with E-state index in [0.29, 0.717) is 6.61 Å². The first kappa shape index (κ1) is 19.1. The van der Waals surface area contributed by atoms with Crippen LogP contribution in [0.3, 0.4) is 0 Å². The van der Waals surface area contributed by atoms with E-state index < -0.39 is 0 Å². The van der Waals surface area contributed by atoms with Gasteiger partial charge in [-0.05, 0) is 42.3 Å². The zero-order valence-electron chi connectivity index (χ0n) is 15.3. The lowest BCUT2D eigenvalue weighted by Crippen LogP contribution is -2.22. The van der Waals surface area contributed by atoms with Crippen LogP contribution >= 0.6 is 11.8 Å². The van der Waals surface area contributed by atoms with E-state index in [1.54, 1.807) is 11.8 Å². The molecule has 0 saturated heterocycles. The van der Waals surface area contributed by atoms with Crippen LogP contribution in [0.25, 0.3) is 0 Å². The molecule has 0 aliphatic carbocycles. The Morgan fingerprint density at radius 1 is 0.889 bits per heavy atom. The molecule has 0 heterocycles. The number of thioether (sulfide) groups is 1. The molecule has 1 atom stereocenters. The van der Waals surface area contributed by atoms with Crippen molar-refractivity contribution in [3.63, 3.8) is 0 Å². The summed E-state index contributed by atoms with van der Waals surface area (Å²) in [4.78, 5) is 12.4. The quantitative estimate of drug-likeness (QED) is 0.561. The van der Waals surface area contributed by atoms with Crippen LogP contribution in [0.15, 0.2) is 84.9 Å². The highest BCUT2D eigenvalue weighted by Crippen LogP contribution is 2.21. The van der Waals surface area contributed by atoms with Gasteiger partial charge in [0.15, 0.2) is 0 Å². The topological polar surface area (TPSA) is 38.3 Å². The lowest BCUT2D eigenvalue weighted by molar-refractivity contribution is -0.115. The van der Waals surface area contributed by atoms with E-state index in [4.69, 9.17) is 4.74 Å². The molecule has 138 valence electrons. The third-order valence-electron chi connectivity index (χ3n) is 4.08. The van der Waals surface area contributed by atoms with Crippen molar-refractivity contribution >= 4 is 23.4 Å². The Labute approximate surface area is 164 Å². The summed E-state index contributed by atoms with van der Waals surface area (Å²) in [5.74, 6) is 1.61. The van der Waals surface area contributed by atoms with Crippen LogP contribution in [0.5, 0.6) is 5.75 Å². The van der Waals surface area contributed by atoms with E-state index in [0.717, 1.165) is 22.8 Å². The fourth-order valence-electron chi connectivity index (χ4n) is 2.49. The molecule has 3 aromatic carbocycles. The van der Waals surface area contributed by atoms with Crippen LogP contribution in [0.1, 0.15) is 18.1 Å². The smallest absolute Gasteiger partial charge is 0.237 e. The molecule has 0 aliphatic rings. The van der Waals surface area contributed by atoms with Gasteiger partial charge < -0.3 is 10.1 Å². The maximum absolute atomic E-state index is 12.4. The molecule has 1 N–H and O–H groups in total. The first-order valence-corrected chi connectivity index (χ1v) is 9.99. The summed E-state index contributed by atoms with van der Waals surface area (Å²) < 4.78 is 5.77. The summed E-state index contributed by atoms with van der Waals surface area (Å²) in [6, 6.07) is 27.7. The maximum atomic E-state index is 12.4. The molecule has 27 heavy (non-hydrogen) atoms. The fraction of sp³-hybridized carbons (Fsp3) is 0.174. The lowest BCUT2D eigenvalue weighted by atomic mass is 10.2. The van der Waals surface area contributed by atoms with Gasteiger partial charge in [-0.15, -0.1) is 11.8 Å². The highest BCUT2D eigenvalue weighted by atomic mass is 32.2. The minimum absolute atomic E-state index is 0.00823.